The molecule has 0 bridgehead atoms. The normalized spacial score (nSPS) is 11.0. The first-order valence-corrected chi connectivity index (χ1v) is 7.44. The van der Waals surface area contributed by atoms with E-state index in [0.717, 1.165) is 18.5 Å². The average molecular weight is 313 g/mol. The minimum Gasteiger partial charge on any atom is -0.508 e. The Kier molecular flexibility index (Phi) is 3.97. The molecule has 2 aromatic heterocycles. The van der Waals surface area contributed by atoms with Crippen LogP contribution in [-0.2, 0) is 13.1 Å². The maximum atomic E-state index is 10.2. The fourth-order valence-corrected chi connectivity index (χ4v) is 2.79. The number of aromatic nitrogens is 3. The smallest absolute Gasteiger partial charge is 0.235 e. The lowest BCUT2D eigenvalue weighted by Gasteiger charge is -2.12. The molecule has 0 fully saturated rings. The molecule has 120 valence electrons. The van der Waals surface area contributed by atoms with Crippen LogP contribution >= 0.6 is 0 Å². The second-order valence-electron chi connectivity index (χ2n) is 5.50. The molecular formula is C17H19N3O3. The summed E-state index contributed by atoms with van der Waals surface area (Å²) in [5.74, 6) is -0.121. The number of phenolic OH excluding ortho intramolecular Hbond substituents is 1. The molecule has 0 aliphatic rings. The highest BCUT2D eigenvalue weighted by molar-refractivity contribution is 5.71. The Morgan fingerprint density at radius 1 is 1.13 bits per heavy atom. The largest absolute Gasteiger partial charge is 0.508 e. The Labute approximate surface area is 133 Å². The van der Waals surface area contributed by atoms with Gasteiger partial charge in [0.25, 0.3) is 0 Å². The summed E-state index contributed by atoms with van der Waals surface area (Å²) < 4.78 is 3.64. The van der Waals surface area contributed by atoms with E-state index in [9.17, 15) is 15.3 Å². The van der Waals surface area contributed by atoms with Gasteiger partial charge in [0.05, 0.1) is 12.0 Å². The van der Waals surface area contributed by atoms with Gasteiger partial charge in [0.2, 0.25) is 5.88 Å². The van der Waals surface area contributed by atoms with Crippen molar-refractivity contribution in [3.05, 3.63) is 48.5 Å². The van der Waals surface area contributed by atoms with Crippen LogP contribution in [0.3, 0.4) is 0 Å². The molecule has 1 aromatic carbocycles. The number of aromatic hydroxyl groups is 3. The Hall–Kier alpha value is -2.89. The van der Waals surface area contributed by atoms with Crippen molar-refractivity contribution in [1.82, 2.24) is 14.1 Å². The fraction of sp³-hybridized carbons (Fsp3) is 0.235. The third-order valence-electron chi connectivity index (χ3n) is 3.92. The Balaban J connectivity index is 1.91. The monoisotopic (exact) mass is 313 g/mol. The second kappa shape index (κ2) is 6.08. The number of nitrogens with zero attached hydrogens (tertiary/aromatic N) is 3. The van der Waals surface area contributed by atoms with Crippen LogP contribution < -0.4 is 0 Å². The second-order valence-corrected chi connectivity index (χ2v) is 5.50. The van der Waals surface area contributed by atoms with Crippen LogP contribution in [0.25, 0.3) is 11.3 Å². The first-order chi connectivity index (χ1) is 11.1. The zero-order valence-corrected chi connectivity index (χ0v) is 12.8. The summed E-state index contributed by atoms with van der Waals surface area (Å²) in [6, 6.07) is 6.78. The summed E-state index contributed by atoms with van der Waals surface area (Å²) in [5, 5.41) is 30.0. The van der Waals surface area contributed by atoms with E-state index in [4.69, 9.17) is 0 Å². The molecule has 3 rings (SSSR count). The van der Waals surface area contributed by atoms with Gasteiger partial charge in [-0.25, -0.2) is 4.98 Å². The predicted molar refractivity (Wildman–Crippen MR) is 86.4 cm³/mol. The third-order valence-corrected chi connectivity index (χ3v) is 3.92. The highest BCUT2D eigenvalue weighted by Gasteiger charge is 2.20. The third kappa shape index (κ3) is 2.88. The molecular weight excluding hydrogens is 294 g/mol. The molecule has 3 N–H and O–H groups in total. The number of phenols is 1. The maximum absolute atomic E-state index is 10.2. The molecule has 0 saturated carbocycles. The first kappa shape index (κ1) is 15.0. The van der Waals surface area contributed by atoms with Crippen LogP contribution in [0.5, 0.6) is 17.4 Å². The van der Waals surface area contributed by atoms with Crippen molar-refractivity contribution in [1.29, 1.82) is 0 Å². The predicted octanol–water partition coefficient (Wildman–Crippen LogP) is 2.87. The molecule has 6 heteroatoms. The summed E-state index contributed by atoms with van der Waals surface area (Å²) in [6.45, 7) is 3.05. The van der Waals surface area contributed by atoms with Gasteiger partial charge in [-0.1, -0.05) is 12.1 Å². The van der Waals surface area contributed by atoms with Crippen LogP contribution in [0.1, 0.15) is 12.0 Å². The summed E-state index contributed by atoms with van der Waals surface area (Å²) in [4.78, 5) is 4.00. The zero-order chi connectivity index (χ0) is 16.4. The van der Waals surface area contributed by atoms with Gasteiger partial charge in [0.15, 0.2) is 5.75 Å². The molecule has 0 radical (unpaired) electrons. The van der Waals surface area contributed by atoms with Gasteiger partial charge in [0, 0.05) is 36.6 Å². The van der Waals surface area contributed by atoms with Gasteiger partial charge in [0.1, 0.15) is 5.75 Å². The van der Waals surface area contributed by atoms with E-state index in [1.54, 1.807) is 42.2 Å². The number of hydrogen-bond acceptors (Lipinski definition) is 4. The molecule has 23 heavy (non-hydrogen) atoms. The maximum Gasteiger partial charge on any atom is 0.235 e. The molecule has 0 atom stereocenters. The lowest BCUT2D eigenvalue weighted by Crippen LogP contribution is -2.04. The van der Waals surface area contributed by atoms with Crippen LogP contribution in [0, 0.1) is 6.92 Å². The summed E-state index contributed by atoms with van der Waals surface area (Å²) >= 11 is 0. The van der Waals surface area contributed by atoms with Crippen LogP contribution in [0.4, 0.5) is 0 Å². The lowest BCUT2D eigenvalue weighted by atomic mass is 10.1. The molecule has 0 saturated heterocycles. The van der Waals surface area contributed by atoms with E-state index >= 15 is 0 Å². The Bertz CT molecular complexity index is 807. The van der Waals surface area contributed by atoms with Gasteiger partial charge < -0.3 is 24.5 Å². The average Bonchev–Trinajstić information content (AvgIpc) is 3.11. The van der Waals surface area contributed by atoms with Crippen LogP contribution in [0.2, 0.25) is 0 Å². The highest BCUT2D eigenvalue weighted by Crippen LogP contribution is 2.40. The van der Waals surface area contributed by atoms with Crippen molar-refractivity contribution >= 4 is 0 Å². The number of benzene rings is 1. The van der Waals surface area contributed by atoms with Crippen molar-refractivity contribution in [2.45, 2.75) is 26.4 Å². The number of imidazole rings is 1. The van der Waals surface area contributed by atoms with Crippen molar-refractivity contribution in [3.8, 4) is 28.6 Å². The SMILES string of the molecule is Cc1c(O)c(O)n(CCCn2ccnc2)c1-c1cccc(O)c1. The minimum absolute atomic E-state index is 0.119. The molecule has 2 heterocycles. The van der Waals surface area contributed by atoms with Gasteiger partial charge in [-0.15, -0.1) is 0 Å². The highest BCUT2D eigenvalue weighted by atomic mass is 16.3. The summed E-state index contributed by atoms with van der Waals surface area (Å²) in [7, 11) is 0. The quantitative estimate of drug-likeness (QED) is 0.676. The Morgan fingerprint density at radius 3 is 2.65 bits per heavy atom. The number of aryl methyl sites for hydroxylation is 1. The number of rotatable bonds is 5. The van der Waals surface area contributed by atoms with E-state index in [2.05, 4.69) is 4.98 Å². The van der Waals surface area contributed by atoms with E-state index in [-0.39, 0.29) is 17.4 Å². The molecule has 3 aromatic rings. The van der Waals surface area contributed by atoms with Crippen molar-refractivity contribution in [2.24, 2.45) is 0 Å². The van der Waals surface area contributed by atoms with Crippen LogP contribution in [0.15, 0.2) is 43.0 Å². The van der Waals surface area contributed by atoms with Gasteiger partial charge >= 0.3 is 0 Å². The first-order valence-electron chi connectivity index (χ1n) is 7.44. The van der Waals surface area contributed by atoms with E-state index in [0.29, 0.717) is 17.8 Å². The van der Waals surface area contributed by atoms with Crippen molar-refractivity contribution in [2.75, 3.05) is 0 Å². The van der Waals surface area contributed by atoms with Crippen LogP contribution in [-0.4, -0.2) is 29.4 Å². The van der Waals surface area contributed by atoms with Gasteiger partial charge in [-0.3, -0.25) is 0 Å². The summed E-state index contributed by atoms with van der Waals surface area (Å²) in [5.41, 5.74) is 2.05. The van der Waals surface area contributed by atoms with E-state index in [1.165, 1.54) is 0 Å². The fourth-order valence-electron chi connectivity index (χ4n) is 2.79. The lowest BCUT2D eigenvalue weighted by molar-refractivity contribution is 0.367. The van der Waals surface area contributed by atoms with E-state index in [1.807, 2.05) is 16.8 Å². The minimum atomic E-state index is -0.147. The van der Waals surface area contributed by atoms with Crippen molar-refractivity contribution in [3.63, 3.8) is 0 Å². The summed E-state index contributed by atoms with van der Waals surface area (Å²) in [6.07, 6.45) is 6.12. The zero-order valence-electron chi connectivity index (χ0n) is 12.8. The van der Waals surface area contributed by atoms with Gasteiger partial charge in [-0.05, 0) is 25.5 Å². The molecule has 0 spiro atoms. The number of hydrogen-bond donors (Lipinski definition) is 3. The van der Waals surface area contributed by atoms with E-state index < -0.39 is 0 Å². The topological polar surface area (TPSA) is 83.4 Å². The van der Waals surface area contributed by atoms with Crippen molar-refractivity contribution < 1.29 is 15.3 Å². The van der Waals surface area contributed by atoms with Gasteiger partial charge in [-0.2, -0.15) is 0 Å². The molecule has 6 nitrogen and oxygen atoms in total. The molecule has 0 unspecified atom stereocenters. The molecule has 0 aliphatic carbocycles. The molecule has 0 amide bonds. The molecule has 0 aliphatic heterocycles. The Morgan fingerprint density at radius 2 is 1.96 bits per heavy atom. The standard InChI is InChI=1S/C17H19N3O3/c1-12-15(13-4-2-5-14(21)10-13)20(17(23)16(12)22)8-3-7-19-9-6-18-11-19/h2,4-6,9-11,21-23H,3,7-8H2,1H3.